The summed E-state index contributed by atoms with van der Waals surface area (Å²) < 4.78 is 1.27. The third kappa shape index (κ3) is 4.33. The van der Waals surface area contributed by atoms with Crippen LogP contribution in [0.4, 0.5) is 11.5 Å². The van der Waals surface area contributed by atoms with Gasteiger partial charge in [0.25, 0.3) is 5.91 Å². The van der Waals surface area contributed by atoms with Gasteiger partial charge in [-0.3, -0.25) is 9.59 Å². The third-order valence-electron chi connectivity index (χ3n) is 4.36. The monoisotopic (exact) mass is 412 g/mol. The van der Waals surface area contributed by atoms with Crippen LogP contribution in [0, 0.1) is 17.0 Å². The van der Waals surface area contributed by atoms with Crippen molar-refractivity contribution in [2.24, 2.45) is 0 Å². The van der Waals surface area contributed by atoms with Crippen molar-refractivity contribution in [3.63, 3.8) is 0 Å². The minimum Gasteiger partial charge on any atom is -0.358 e. The fraction of sp³-hybridized carbons (Fsp3) is 0.150. The molecule has 29 heavy (non-hydrogen) atoms. The van der Waals surface area contributed by atoms with Crippen molar-refractivity contribution in [3.8, 4) is 0 Å². The molecule has 148 valence electrons. The smallest absolute Gasteiger partial charge is 0.358 e. The molecule has 0 radical (unpaired) electrons. The molecule has 9 heteroatoms. The quantitative estimate of drug-likeness (QED) is 0.371. The summed E-state index contributed by atoms with van der Waals surface area (Å²) in [6, 6.07) is 13.7. The molecule has 1 aromatic heterocycles. The van der Waals surface area contributed by atoms with Crippen LogP contribution in [0.2, 0.25) is 5.02 Å². The van der Waals surface area contributed by atoms with Gasteiger partial charge in [-0.1, -0.05) is 41.9 Å². The molecular weight excluding hydrogens is 396 g/mol. The lowest BCUT2D eigenvalue weighted by atomic mass is 10.0. The van der Waals surface area contributed by atoms with Crippen LogP contribution in [0.25, 0.3) is 0 Å². The van der Waals surface area contributed by atoms with Crippen molar-refractivity contribution in [1.29, 1.82) is 0 Å². The Bertz CT molecular complexity index is 1100. The van der Waals surface area contributed by atoms with Crippen LogP contribution in [-0.4, -0.2) is 26.4 Å². The first kappa shape index (κ1) is 20.2. The van der Waals surface area contributed by atoms with E-state index >= 15 is 0 Å². The lowest BCUT2D eigenvalue weighted by molar-refractivity contribution is -0.389. The van der Waals surface area contributed by atoms with E-state index in [0.717, 1.165) is 0 Å². The number of anilines is 1. The van der Waals surface area contributed by atoms with E-state index in [-0.39, 0.29) is 17.2 Å². The van der Waals surface area contributed by atoms with Crippen LogP contribution >= 0.6 is 11.6 Å². The van der Waals surface area contributed by atoms with Crippen molar-refractivity contribution in [2.45, 2.75) is 19.9 Å². The SMILES string of the molecule is Cc1cc([N+](=O)[O-])nn1C(C)C(=O)Nc1ccc(Cl)cc1C(=O)c1ccccc1. The van der Waals surface area contributed by atoms with Crippen molar-refractivity contribution >= 4 is 34.8 Å². The average molecular weight is 413 g/mol. The van der Waals surface area contributed by atoms with Crippen LogP contribution in [0.3, 0.4) is 0 Å². The number of nitrogens with one attached hydrogen (secondary N) is 1. The van der Waals surface area contributed by atoms with Gasteiger partial charge in [-0.05, 0) is 37.0 Å². The molecule has 0 bridgehead atoms. The molecule has 0 saturated heterocycles. The van der Waals surface area contributed by atoms with Crippen molar-refractivity contribution < 1.29 is 14.5 Å². The Morgan fingerprint density at radius 2 is 1.86 bits per heavy atom. The molecule has 2 aromatic carbocycles. The molecule has 0 saturated carbocycles. The Labute approximate surface area is 171 Å². The Balaban J connectivity index is 1.89. The van der Waals surface area contributed by atoms with Crippen LogP contribution in [-0.2, 0) is 4.79 Å². The molecule has 3 rings (SSSR count). The Morgan fingerprint density at radius 1 is 1.17 bits per heavy atom. The van der Waals surface area contributed by atoms with Gasteiger partial charge in [0.15, 0.2) is 5.78 Å². The van der Waals surface area contributed by atoms with E-state index < -0.39 is 16.9 Å². The fourth-order valence-electron chi connectivity index (χ4n) is 2.86. The summed E-state index contributed by atoms with van der Waals surface area (Å²) in [5, 5.41) is 17.8. The summed E-state index contributed by atoms with van der Waals surface area (Å²) in [4.78, 5) is 35.9. The molecule has 1 N–H and O–H groups in total. The van der Waals surface area contributed by atoms with Gasteiger partial charge in [-0.25, -0.2) is 0 Å². The molecule has 1 heterocycles. The number of ketones is 1. The largest absolute Gasteiger partial charge is 0.390 e. The molecule has 0 aliphatic rings. The summed E-state index contributed by atoms with van der Waals surface area (Å²) in [7, 11) is 0. The van der Waals surface area contributed by atoms with Gasteiger partial charge in [0, 0.05) is 16.1 Å². The first-order valence-electron chi connectivity index (χ1n) is 8.68. The number of carbonyl (C=O) groups is 2. The number of carbonyl (C=O) groups excluding carboxylic acids is 2. The number of hydrogen-bond donors (Lipinski definition) is 1. The van der Waals surface area contributed by atoms with E-state index in [1.54, 1.807) is 56.3 Å². The Morgan fingerprint density at radius 3 is 2.48 bits per heavy atom. The number of amides is 1. The van der Waals surface area contributed by atoms with Gasteiger partial charge in [0.05, 0.1) is 22.5 Å². The third-order valence-corrected chi connectivity index (χ3v) is 4.60. The zero-order chi connectivity index (χ0) is 21.1. The van der Waals surface area contributed by atoms with E-state index in [1.807, 2.05) is 0 Å². The van der Waals surface area contributed by atoms with E-state index in [2.05, 4.69) is 10.4 Å². The van der Waals surface area contributed by atoms with Gasteiger partial charge in [0.1, 0.15) is 6.04 Å². The van der Waals surface area contributed by atoms with Crippen molar-refractivity contribution in [1.82, 2.24) is 9.78 Å². The van der Waals surface area contributed by atoms with Gasteiger partial charge < -0.3 is 15.4 Å². The predicted molar refractivity (Wildman–Crippen MR) is 108 cm³/mol. The maximum atomic E-state index is 12.9. The number of nitrogens with zero attached hydrogens (tertiary/aromatic N) is 3. The standard InChI is InChI=1S/C20H17ClN4O4/c1-12-10-18(25(28)29)23-24(12)13(2)20(27)22-17-9-8-15(21)11-16(17)19(26)14-6-4-3-5-7-14/h3-11,13H,1-2H3,(H,22,27). The fourth-order valence-corrected chi connectivity index (χ4v) is 3.03. The maximum Gasteiger partial charge on any atom is 0.390 e. The number of rotatable bonds is 6. The molecule has 0 spiro atoms. The van der Waals surface area contributed by atoms with Crippen molar-refractivity contribution in [3.05, 3.63) is 86.6 Å². The molecule has 1 unspecified atom stereocenters. The zero-order valence-corrected chi connectivity index (χ0v) is 16.4. The summed E-state index contributed by atoms with van der Waals surface area (Å²) in [6.07, 6.45) is 0. The van der Waals surface area contributed by atoms with E-state index in [4.69, 9.17) is 11.6 Å². The topological polar surface area (TPSA) is 107 Å². The number of aromatic nitrogens is 2. The molecule has 3 aromatic rings. The minimum absolute atomic E-state index is 0.243. The molecule has 0 aliphatic carbocycles. The molecule has 0 fully saturated rings. The maximum absolute atomic E-state index is 12.9. The summed E-state index contributed by atoms with van der Waals surface area (Å²) in [5.41, 5.74) is 1.46. The summed E-state index contributed by atoms with van der Waals surface area (Å²) in [5.74, 6) is -1.11. The first-order valence-corrected chi connectivity index (χ1v) is 9.06. The highest BCUT2D eigenvalue weighted by Crippen LogP contribution is 2.25. The van der Waals surface area contributed by atoms with E-state index in [0.29, 0.717) is 22.0 Å². The molecule has 8 nitrogen and oxygen atoms in total. The van der Waals surface area contributed by atoms with Crippen LogP contribution in [0.1, 0.15) is 34.6 Å². The zero-order valence-electron chi connectivity index (χ0n) is 15.6. The minimum atomic E-state index is -0.834. The van der Waals surface area contributed by atoms with Gasteiger partial charge in [-0.2, -0.15) is 4.68 Å². The first-order chi connectivity index (χ1) is 13.8. The van der Waals surface area contributed by atoms with E-state index in [1.165, 1.54) is 16.8 Å². The number of halogens is 1. The van der Waals surface area contributed by atoms with E-state index in [9.17, 15) is 19.7 Å². The number of aryl methyl sites for hydroxylation is 1. The van der Waals surface area contributed by atoms with Crippen LogP contribution in [0.5, 0.6) is 0 Å². The second-order valence-corrected chi connectivity index (χ2v) is 6.83. The normalized spacial score (nSPS) is 11.7. The predicted octanol–water partition coefficient (Wildman–Crippen LogP) is 4.18. The van der Waals surface area contributed by atoms with Gasteiger partial charge >= 0.3 is 5.82 Å². The Hall–Kier alpha value is -3.52. The lowest BCUT2D eigenvalue weighted by Crippen LogP contribution is -2.26. The second-order valence-electron chi connectivity index (χ2n) is 6.40. The van der Waals surface area contributed by atoms with Gasteiger partial charge in [0.2, 0.25) is 0 Å². The van der Waals surface area contributed by atoms with Crippen LogP contribution < -0.4 is 5.32 Å². The highest BCUT2D eigenvalue weighted by molar-refractivity contribution is 6.31. The second kappa shape index (κ2) is 8.24. The van der Waals surface area contributed by atoms with Crippen molar-refractivity contribution in [2.75, 3.05) is 5.32 Å². The Kier molecular flexibility index (Phi) is 5.74. The summed E-state index contributed by atoms with van der Waals surface area (Å²) >= 11 is 6.05. The summed E-state index contributed by atoms with van der Waals surface area (Å²) in [6.45, 7) is 3.18. The van der Waals surface area contributed by atoms with Crippen LogP contribution in [0.15, 0.2) is 54.6 Å². The number of benzene rings is 2. The molecule has 0 aliphatic heterocycles. The number of nitro groups is 1. The molecule has 1 amide bonds. The highest BCUT2D eigenvalue weighted by atomic mass is 35.5. The average Bonchev–Trinajstić information content (AvgIpc) is 3.10. The highest BCUT2D eigenvalue weighted by Gasteiger charge is 2.26. The number of hydrogen-bond acceptors (Lipinski definition) is 5. The molecular formula is C20H17ClN4O4. The van der Waals surface area contributed by atoms with Gasteiger partial charge in [-0.15, -0.1) is 0 Å². The molecule has 1 atom stereocenters. The lowest BCUT2D eigenvalue weighted by Gasteiger charge is -2.14.